The monoisotopic (exact) mass is 358 g/mol. The zero-order valence-electron chi connectivity index (χ0n) is 14.8. The quantitative estimate of drug-likeness (QED) is 0.481. The lowest BCUT2D eigenvalue weighted by molar-refractivity contribution is 0.0468. The summed E-state index contributed by atoms with van der Waals surface area (Å²) in [4.78, 5) is 16.8. The van der Waals surface area contributed by atoms with Gasteiger partial charge in [-0.05, 0) is 55.0 Å². The predicted molar refractivity (Wildman–Crippen MR) is 102 cm³/mol. The van der Waals surface area contributed by atoms with Gasteiger partial charge in [-0.2, -0.15) is 0 Å². The molecule has 0 amide bonds. The second-order valence-corrected chi connectivity index (χ2v) is 6.17. The molecule has 0 bridgehead atoms. The molecule has 5 nitrogen and oxygen atoms in total. The van der Waals surface area contributed by atoms with Crippen molar-refractivity contribution in [2.24, 2.45) is 0 Å². The molecule has 5 heteroatoms. The van der Waals surface area contributed by atoms with Gasteiger partial charge in [0.2, 0.25) is 0 Å². The molecule has 0 aliphatic rings. The summed E-state index contributed by atoms with van der Waals surface area (Å²) in [6.07, 6.45) is 3.79. The molecule has 4 rings (SSSR count). The van der Waals surface area contributed by atoms with Gasteiger partial charge < -0.3 is 13.9 Å². The maximum atomic E-state index is 12.3. The topological polar surface area (TPSA) is 52.8 Å². The molecule has 0 N–H and O–H groups in total. The number of hydrogen-bond acceptors (Lipinski definition) is 4. The number of aryl methyl sites for hydroxylation is 1. The van der Waals surface area contributed by atoms with Crippen molar-refractivity contribution < 1.29 is 14.3 Å². The number of carbonyl (C=O) groups is 1. The first-order valence-electron chi connectivity index (χ1n) is 8.62. The average Bonchev–Trinajstić information content (AvgIpc) is 3.12. The average molecular weight is 358 g/mol. The van der Waals surface area contributed by atoms with Crippen molar-refractivity contribution in [2.45, 2.75) is 13.5 Å². The Morgan fingerprint density at radius 3 is 2.44 bits per heavy atom. The van der Waals surface area contributed by atoms with E-state index in [9.17, 15) is 4.79 Å². The highest BCUT2D eigenvalue weighted by molar-refractivity contribution is 5.89. The van der Waals surface area contributed by atoms with E-state index in [2.05, 4.69) is 4.98 Å². The minimum absolute atomic E-state index is 0.127. The van der Waals surface area contributed by atoms with Gasteiger partial charge in [0.1, 0.15) is 23.8 Å². The maximum Gasteiger partial charge on any atom is 0.338 e. The van der Waals surface area contributed by atoms with Gasteiger partial charge in [0.05, 0.1) is 11.3 Å². The number of hydrogen-bond donors (Lipinski definition) is 0. The van der Waals surface area contributed by atoms with Crippen LogP contribution in [0.25, 0.3) is 5.65 Å². The molecule has 4 aromatic rings. The zero-order chi connectivity index (χ0) is 18.6. The van der Waals surface area contributed by atoms with E-state index in [1.807, 2.05) is 66.2 Å². The Balaban J connectivity index is 1.39. The van der Waals surface area contributed by atoms with Crippen molar-refractivity contribution in [3.8, 4) is 11.5 Å². The first-order chi connectivity index (χ1) is 13.2. The smallest absolute Gasteiger partial charge is 0.338 e. The maximum absolute atomic E-state index is 12.3. The highest BCUT2D eigenvalue weighted by Crippen LogP contribution is 2.21. The predicted octanol–water partition coefficient (Wildman–Crippen LogP) is 4.79. The Bertz CT molecular complexity index is 1070. The molecule has 134 valence electrons. The van der Waals surface area contributed by atoms with Crippen LogP contribution < -0.4 is 4.74 Å². The molecular weight excluding hydrogens is 340 g/mol. The fraction of sp³-hybridized carbons (Fsp3) is 0.0909. The molecule has 0 saturated carbocycles. The van der Waals surface area contributed by atoms with Gasteiger partial charge in [-0.25, -0.2) is 9.78 Å². The van der Waals surface area contributed by atoms with E-state index in [-0.39, 0.29) is 6.61 Å². The molecule has 0 aliphatic heterocycles. The van der Waals surface area contributed by atoms with Crippen LogP contribution in [0.1, 0.15) is 21.6 Å². The zero-order valence-corrected chi connectivity index (χ0v) is 14.8. The Hall–Kier alpha value is -3.60. The summed E-state index contributed by atoms with van der Waals surface area (Å²) in [6.45, 7) is 2.12. The lowest BCUT2D eigenvalue weighted by atomic mass is 10.2. The SMILES string of the molecule is Cc1cccn2cc(COC(=O)c3ccc(Oc4ccccc4)cc3)nc12. The van der Waals surface area contributed by atoms with E-state index < -0.39 is 5.97 Å². The van der Waals surface area contributed by atoms with Crippen molar-refractivity contribution >= 4 is 11.6 Å². The van der Waals surface area contributed by atoms with E-state index >= 15 is 0 Å². The molecular formula is C22H18N2O3. The van der Waals surface area contributed by atoms with E-state index in [0.29, 0.717) is 17.0 Å². The molecule has 2 aromatic carbocycles. The van der Waals surface area contributed by atoms with Crippen molar-refractivity contribution in [2.75, 3.05) is 0 Å². The fourth-order valence-electron chi connectivity index (χ4n) is 2.78. The van der Waals surface area contributed by atoms with Gasteiger partial charge in [-0.1, -0.05) is 24.3 Å². The lowest BCUT2D eigenvalue weighted by Gasteiger charge is -2.06. The number of ether oxygens (including phenoxy) is 2. The van der Waals surface area contributed by atoms with Crippen molar-refractivity contribution in [1.82, 2.24) is 9.38 Å². The van der Waals surface area contributed by atoms with Crippen LogP contribution in [0.4, 0.5) is 0 Å². The minimum atomic E-state index is -0.393. The van der Waals surface area contributed by atoms with Crippen LogP contribution in [0.15, 0.2) is 79.1 Å². The molecule has 0 atom stereocenters. The molecule has 0 saturated heterocycles. The second-order valence-electron chi connectivity index (χ2n) is 6.17. The van der Waals surface area contributed by atoms with Crippen LogP contribution in [0, 0.1) is 6.92 Å². The molecule has 0 fully saturated rings. The lowest BCUT2D eigenvalue weighted by Crippen LogP contribution is -2.05. The summed E-state index contributed by atoms with van der Waals surface area (Å²) < 4.78 is 13.0. The van der Waals surface area contributed by atoms with Crippen LogP contribution in [0.2, 0.25) is 0 Å². The van der Waals surface area contributed by atoms with E-state index in [1.165, 1.54) is 0 Å². The largest absolute Gasteiger partial charge is 0.457 e. The Morgan fingerprint density at radius 2 is 1.70 bits per heavy atom. The number of pyridine rings is 1. The third-order valence-electron chi connectivity index (χ3n) is 4.15. The van der Waals surface area contributed by atoms with E-state index in [4.69, 9.17) is 9.47 Å². The normalized spacial score (nSPS) is 10.7. The third kappa shape index (κ3) is 3.82. The number of carbonyl (C=O) groups excluding carboxylic acids is 1. The molecule has 0 aliphatic carbocycles. The number of esters is 1. The third-order valence-corrected chi connectivity index (χ3v) is 4.15. The summed E-state index contributed by atoms with van der Waals surface area (Å²) in [5.74, 6) is 1.01. The minimum Gasteiger partial charge on any atom is -0.457 e. The van der Waals surface area contributed by atoms with Gasteiger partial charge in [0.15, 0.2) is 0 Å². The van der Waals surface area contributed by atoms with Gasteiger partial charge in [-0.15, -0.1) is 0 Å². The van der Waals surface area contributed by atoms with Crippen molar-refractivity contribution in [3.63, 3.8) is 0 Å². The summed E-state index contributed by atoms with van der Waals surface area (Å²) in [5, 5.41) is 0. The first-order valence-corrected chi connectivity index (χ1v) is 8.62. The second kappa shape index (κ2) is 7.33. The fourth-order valence-corrected chi connectivity index (χ4v) is 2.78. The molecule has 0 radical (unpaired) electrons. The highest BCUT2D eigenvalue weighted by Gasteiger charge is 2.10. The number of para-hydroxylation sites is 1. The molecule has 2 aromatic heterocycles. The highest BCUT2D eigenvalue weighted by atomic mass is 16.5. The summed E-state index contributed by atoms with van der Waals surface area (Å²) in [7, 11) is 0. The summed E-state index contributed by atoms with van der Waals surface area (Å²) in [5.41, 5.74) is 3.12. The molecule has 0 unspecified atom stereocenters. The van der Waals surface area contributed by atoms with Crippen LogP contribution in [-0.2, 0) is 11.3 Å². The number of benzene rings is 2. The number of fused-ring (bicyclic) bond motifs is 1. The number of rotatable bonds is 5. The van der Waals surface area contributed by atoms with E-state index in [0.717, 1.165) is 17.0 Å². The Labute approximate surface area is 156 Å². The number of imidazole rings is 1. The summed E-state index contributed by atoms with van der Waals surface area (Å²) >= 11 is 0. The van der Waals surface area contributed by atoms with Crippen LogP contribution in [0.3, 0.4) is 0 Å². The van der Waals surface area contributed by atoms with Crippen LogP contribution in [-0.4, -0.2) is 15.4 Å². The van der Waals surface area contributed by atoms with Crippen molar-refractivity contribution in [1.29, 1.82) is 0 Å². The number of aromatic nitrogens is 2. The van der Waals surface area contributed by atoms with Crippen LogP contribution >= 0.6 is 0 Å². The Kier molecular flexibility index (Phi) is 4.58. The van der Waals surface area contributed by atoms with E-state index in [1.54, 1.807) is 24.3 Å². The van der Waals surface area contributed by atoms with Gasteiger partial charge in [0.25, 0.3) is 0 Å². The van der Waals surface area contributed by atoms with Gasteiger partial charge in [-0.3, -0.25) is 0 Å². The number of nitrogens with zero attached hydrogens (tertiary/aromatic N) is 2. The first kappa shape index (κ1) is 16.8. The van der Waals surface area contributed by atoms with Gasteiger partial charge >= 0.3 is 5.97 Å². The summed E-state index contributed by atoms with van der Waals surface area (Å²) in [6, 6.07) is 20.3. The van der Waals surface area contributed by atoms with Crippen LogP contribution in [0.5, 0.6) is 11.5 Å². The van der Waals surface area contributed by atoms with Gasteiger partial charge in [0, 0.05) is 12.4 Å². The standard InChI is InChI=1S/C22H18N2O3/c1-16-6-5-13-24-14-18(23-21(16)24)15-26-22(25)17-9-11-20(12-10-17)27-19-7-3-2-4-8-19/h2-14H,15H2,1H3. The molecule has 0 spiro atoms. The molecule has 27 heavy (non-hydrogen) atoms. The Morgan fingerprint density at radius 1 is 0.963 bits per heavy atom. The van der Waals surface area contributed by atoms with Crippen molar-refractivity contribution in [3.05, 3.63) is 95.9 Å². The molecule has 2 heterocycles.